The fraction of sp³-hybridized carbons (Fsp3) is 0.333. The van der Waals surface area contributed by atoms with Gasteiger partial charge in [0.05, 0.1) is 8.07 Å². The fourth-order valence-electron chi connectivity index (χ4n) is 2.71. The van der Waals surface area contributed by atoms with Crippen LogP contribution in [0, 0.1) is 0 Å². The highest BCUT2D eigenvalue weighted by molar-refractivity contribution is 8.03. The van der Waals surface area contributed by atoms with Crippen molar-refractivity contribution in [2.75, 3.05) is 5.75 Å². The maximum absolute atomic E-state index is 2.52. The van der Waals surface area contributed by atoms with Crippen molar-refractivity contribution < 1.29 is 0 Å². The average molecular weight is 341 g/mol. The molecule has 0 radical (unpaired) electrons. The van der Waals surface area contributed by atoms with E-state index in [1.807, 2.05) is 11.8 Å². The average Bonchev–Trinajstić information content (AvgIpc) is 2.59. The van der Waals surface area contributed by atoms with E-state index in [2.05, 4.69) is 86.8 Å². The van der Waals surface area contributed by atoms with Crippen LogP contribution >= 0.6 is 11.8 Å². The van der Waals surface area contributed by atoms with E-state index in [0.717, 1.165) is 12.2 Å². The molecule has 0 aliphatic rings. The number of allylic oxidation sites excluding steroid dienone is 2. The molecule has 0 amide bonds. The van der Waals surface area contributed by atoms with Crippen molar-refractivity contribution in [3.8, 4) is 0 Å². The first kappa shape index (κ1) is 18.1. The van der Waals surface area contributed by atoms with Gasteiger partial charge in [-0.2, -0.15) is 0 Å². The number of thioether (sulfide) groups is 1. The van der Waals surface area contributed by atoms with E-state index in [4.69, 9.17) is 0 Å². The van der Waals surface area contributed by atoms with Gasteiger partial charge in [-0.3, -0.25) is 0 Å². The number of hydrogen-bond donors (Lipinski definition) is 0. The second-order valence-electron chi connectivity index (χ2n) is 6.54. The first-order valence-corrected chi connectivity index (χ1v) is 12.7. The van der Waals surface area contributed by atoms with E-state index in [0.29, 0.717) is 0 Å². The summed E-state index contributed by atoms with van der Waals surface area (Å²) in [5.74, 6) is 1.16. The summed E-state index contributed by atoms with van der Waals surface area (Å²) in [5, 5.41) is 1.56. The van der Waals surface area contributed by atoms with E-state index in [9.17, 15) is 0 Å². The van der Waals surface area contributed by atoms with Crippen molar-refractivity contribution in [2.24, 2.45) is 0 Å². The summed E-state index contributed by atoms with van der Waals surface area (Å²) < 4.78 is 0. The van der Waals surface area contributed by atoms with E-state index < -0.39 is 8.07 Å². The van der Waals surface area contributed by atoms with Crippen LogP contribution in [0.4, 0.5) is 0 Å². The Labute approximate surface area is 147 Å². The molecule has 0 atom stereocenters. The molecule has 2 aromatic carbocycles. The molecule has 0 spiro atoms. The summed E-state index contributed by atoms with van der Waals surface area (Å²) in [6, 6.07) is 23.1. The van der Waals surface area contributed by atoms with Crippen LogP contribution in [0.25, 0.3) is 0 Å². The second-order valence-corrected chi connectivity index (χ2v) is 12.7. The van der Waals surface area contributed by atoms with Gasteiger partial charge in [0, 0.05) is 0 Å². The van der Waals surface area contributed by atoms with Crippen LogP contribution in [0.3, 0.4) is 0 Å². The summed E-state index contributed by atoms with van der Waals surface area (Å²) in [6.07, 6.45) is 4.84. The first-order valence-electron chi connectivity index (χ1n) is 8.53. The SMILES string of the molecule is CCS/C(=C\C[Si](C)(C)c1ccccc1)CCc1ccccc1. The zero-order valence-corrected chi connectivity index (χ0v) is 16.4. The maximum atomic E-state index is 2.52. The molecular formula is C21H28SSi. The Morgan fingerprint density at radius 3 is 2.17 bits per heavy atom. The molecule has 0 saturated heterocycles. The lowest BCUT2D eigenvalue weighted by atomic mass is 10.1. The third-order valence-corrected chi connectivity index (χ3v) is 8.38. The lowest BCUT2D eigenvalue weighted by Crippen LogP contribution is -2.40. The van der Waals surface area contributed by atoms with Crippen LogP contribution in [-0.4, -0.2) is 13.8 Å². The maximum Gasteiger partial charge on any atom is 0.0843 e. The Kier molecular flexibility index (Phi) is 7.19. The molecule has 0 aliphatic carbocycles. The van der Waals surface area contributed by atoms with Crippen LogP contribution in [-0.2, 0) is 6.42 Å². The van der Waals surface area contributed by atoms with Gasteiger partial charge in [0.15, 0.2) is 0 Å². The quantitative estimate of drug-likeness (QED) is 0.541. The zero-order chi connectivity index (χ0) is 16.5. The van der Waals surface area contributed by atoms with Crippen LogP contribution in [0.2, 0.25) is 19.1 Å². The van der Waals surface area contributed by atoms with Gasteiger partial charge in [-0.1, -0.05) is 91.9 Å². The van der Waals surface area contributed by atoms with E-state index in [1.165, 1.54) is 18.0 Å². The number of benzene rings is 2. The minimum absolute atomic E-state index is 1.15. The fourth-order valence-corrected chi connectivity index (χ4v) is 5.76. The van der Waals surface area contributed by atoms with Crippen molar-refractivity contribution in [1.29, 1.82) is 0 Å². The summed E-state index contributed by atoms with van der Waals surface area (Å²) in [6.45, 7) is 7.20. The Hall–Kier alpha value is -1.25. The van der Waals surface area contributed by atoms with Crippen LogP contribution in [0.5, 0.6) is 0 Å². The van der Waals surface area contributed by atoms with E-state index in [1.54, 1.807) is 10.1 Å². The molecule has 2 aromatic rings. The van der Waals surface area contributed by atoms with Gasteiger partial charge in [0.25, 0.3) is 0 Å². The van der Waals surface area contributed by atoms with Crippen LogP contribution < -0.4 is 5.19 Å². The van der Waals surface area contributed by atoms with Gasteiger partial charge in [0.2, 0.25) is 0 Å². The van der Waals surface area contributed by atoms with Crippen molar-refractivity contribution in [3.05, 3.63) is 77.2 Å². The molecular weight excluding hydrogens is 312 g/mol. The molecule has 2 heteroatoms. The first-order chi connectivity index (χ1) is 11.1. The molecule has 0 nitrogen and oxygen atoms in total. The van der Waals surface area contributed by atoms with Crippen molar-refractivity contribution >= 4 is 25.0 Å². The van der Waals surface area contributed by atoms with E-state index >= 15 is 0 Å². The highest BCUT2D eigenvalue weighted by Crippen LogP contribution is 2.24. The topological polar surface area (TPSA) is 0 Å². The number of rotatable bonds is 8. The Balaban J connectivity index is 2.00. The molecule has 0 aliphatic heterocycles. The Morgan fingerprint density at radius 1 is 0.957 bits per heavy atom. The third-order valence-electron chi connectivity index (χ3n) is 4.23. The third kappa shape index (κ3) is 6.04. The lowest BCUT2D eigenvalue weighted by Gasteiger charge is -2.22. The van der Waals surface area contributed by atoms with Crippen molar-refractivity contribution in [2.45, 2.75) is 38.9 Å². The van der Waals surface area contributed by atoms with Gasteiger partial charge in [-0.05, 0) is 35.1 Å². The minimum Gasteiger partial charge on any atom is -0.131 e. The summed E-state index contributed by atoms with van der Waals surface area (Å²) in [7, 11) is -1.37. The molecule has 0 N–H and O–H groups in total. The Bertz CT molecular complexity index is 602. The van der Waals surface area contributed by atoms with Gasteiger partial charge < -0.3 is 0 Å². The minimum atomic E-state index is -1.37. The van der Waals surface area contributed by atoms with Gasteiger partial charge in [-0.15, -0.1) is 11.8 Å². The van der Waals surface area contributed by atoms with Gasteiger partial charge in [-0.25, -0.2) is 0 Å². The second kappa shape index (κ2) is 9.14. The molecule has 0 saturated carbocycles. The summed E-state index contributed by atoms with van der Waals surface area (Å²) in [4.78, 5) is 1.56. The monoisotopic (exact) mass is 340 g/mol. The standard InChI is InChI=1S/C21H28SSi/c1-4-22-20(16-15-19-11-7-5-8-12-19)17-18-23(2,3)21-13-9-6-10-14-21/h5-14,17H,4,15-16,18H2,1-3H3/b20-17-. The highest BCUT2D eigenvalue weighted by Gasteiger charge is 2.21. The number of hydrogen-bond acceptors (Lipinski definition) is 1. The molecule has 0 unspecified atom stereocenters. The largest absolute Gasteiger partial charge is 0.131 e. The Morgan fingerprint density at radius 2 is 1.57 bits per heavy atom. The molecule has 0 aromatic heterocycles. The molecule has 23 heavy (non-hydrogen) atoms. The summed E-state index contributed by atoms with van der Waals surface area (Å²) in [5.41, 5.74) is 1.44. The lowest BCUT2D eigenvalue weighted by molar-refractivity contribution is 0.986. The predicted molar refractivity (Wildman–Crippen MR) is 109 cm³/mol. The predicted octanol–water partition coefficient (Wildman–Crippen LogP) is 5.87. The molecule has 122 valence electrons. The van der Waals surface area contributed by atoms with E-state index in [-0.39, 0.29) is 0 Å². The molecule has 2 rings (SSSR count). The number of aryl methyl sites for hydroxylation is 1. The van der Waals surface area contributed by atoms with Crippen molar-refractivity contribution in [1.82, 2.24) is 0 Å². The summed E-state index contributed by atoms with van der Waals surface area (Å²) >= 11 is 2.01. The van der Waals surface area contributed by atoms with Crippen molar-refractivity contribution in [3.63, 3.8) is 0 Å². The van der Waals surface area contributed by atoms with Gasteiger partial charge >= 0.3 is 0 Å². The van der Waals surface area contributed by atoms with Gasteiger partial charge in [0.1, 0.15) is 0 Å². The zero-order valence-electron chi connectivity index (χ0n) is 14.6. The molecule has 0 fully saturated rings. The molecule has 0 bridgehead atoms. The smallest absolute Gasteiger partial charge is 0.0843 e. The van der Waals surface area contributed by atoms with Crippen LogP contribution in [0.15, 0.2) is 71.6 Å². The normalized spacial score (nSPS) is 12.4. The highest BCUT2D eigenvalue weighted by atomic mass is 32.2. The van der Waals surface area contributed by atoms with Crippen LogP contribution in [0.1, 0.15) is 18.9 Å². The molecule has 0 heterocycles.